The van der Waals surface area contributed by atoms with Gasteiger partial charge in [0, 0.05) is 0 Å². The van der Waals surface area contributed by atoms with Crippen LogP contribution in [0.1, 0.15) is 0 Å². The molecule has 15 rings (SSSR count). The highest BCUT2D eigenvalue weighted by molar-refractivity contribution is 6.37. The third-order valence-corrected chi connectivity index (χ3v) is 14.6. The average molecular weight is 805 g/mol. The quantitative estimate of drug-likeness (QED) is 0.123. The van der Waals surface area contributed by atoms with Crippen molar-refractivity contribution in [3.8, 4) is 55.6 Å². The lowest BCUT2D eigenvalue weighted by molar-refractivity contribution is 1.63. The van der Waals surface area contributed by atoms with Crippen molar-refractivity contribution >= 4 is 97.0 Å². The van der Waals surface area contributed by atoms with Crippen LogP contribution in [-0.4, -0.2) is 0 Å². The van der Waals surface area contributed by atoms with Crippen LogP contribution in [-0.2, 0) is 0 Å². The maximum atomic E-state index is 2.56. The van der Waals surface area contributed by atoms with Gasteiger partial charge in [-0.15, -0.1) is 0 Å². The van der Waals surface area contributed by atoms with Gasteiger partial charge in [-0.05, 0) is 195 Å². The Balaban J connectivity index is 1.15. The van der Waals surface area contributed by atoms with Crippen molar-refractivity contribution in [3.05, 3.63) is 218 Å². The molecule has 0 heteroatoms. The van der Waals surface area contributed by atoms with E-state index < -0.39 is 0 Å². The van der Waals surface area contributed by atoms with E-state index in [4.69, 9.17) is 0 Å². The van der Waals surface area contributed by atoms with Crippen molar-refractivity contribution in [2.45, 2.75) is 0 Å². The Morgan fingerprint density at radius 1 is 0.172 bits per heavy atom. The standard InChI is InChI=1S/C64H36/c1-3-13-38(14-4-1)59-55-35-53-48-28-27-46(45-25-22-37-12-7-8-17-42(37)30-45)33-50(48)51-31-43-18-9-10-19-44(43)32-52(51)54(53)36-56(55)60(39-15-5-2-6-16-39)64-57-34-47-21-11-20-40-23-24-41-26-29-49(63(59)64)62(57)61(41)58(40)47/h1-36H. The molecule has 0 nitrogen and oxygen atoms in total. The Morgan fingerprint density at radius 3 is 1.33 bits per heavy atom. The topological polar surface area (TPSA) is 0 Å². The zero-order valence-corrected chi connectivity index (χ0v) is 34.8. The molecule has 1 aliphatic rings. The van der Waals surface area contributed by atoms with Gasteiger partial charge in [0.1, 0.15) is 0 Å². The van der Waals surface area contributed by atoms with E-state index in [1.54, 1.807) is 0 Å². The second kappa shape index (κ2) is 12.6. The highest BCUT2D eigenvalue weighted by atomic mass is 14.3. The molecule has 14 aromatic carbocycles. The van der Waals surface area contributed by atoms with E-state index in [9.17, 15) is 0 Å². The molecule has 0 N–H and O–H groups in total. The fourth-order valence-electron chi connectivity index (χ4n) is 11.8. The summed E-state index contributed by atoms with van der Waals surface area (Å²) < 4.78 is 0. The van der Waals surface area contributed by atoms with E-state index in [0.717, 1.165) is 0 Å². The molecule has 0 amide bonds. The minimum Gasteiger partial charge on any atom is -0.0622 e. The summed E-state index contributed by atoms with van der Waals surface area (Å²) in [6, 6.07) is 82.6. The summed E-state index contributed by atoms with van der Waals surface area (Å²) >= 11 is 0. The molecule has 0 saturated heterocycles. The molecule has 0 bridgehead atoms. The Bertz CT molecular complexity index is 4330. The van der Waals surface area contributed by atoms with Crippen LogP contribution in [0, 0.1) is 0 Å². The van der Waals surface area contributed by atoms with Crippen LogP contribution >= 0.6 is 0 Å². The number of benzene rings is 14. The third kappa shape index (κ3) is 4.61. The van der Waals surface area contributed by atoms with E-state index in [0.29, 0.717) is 0 Å². The van der Waals surface area contributed by atoms with E-state index in [-0.39, 0.29) is 0 Å². The largest absolute Gasteiger partial charge is 0.0622 e. The summed E-state index contributed by atoms with van der Waals surface area (Å²) in [7, 11) is 0. The Kier molecular flexibility index (Phi) is 6.77. The molecular weight excluding hydrogens is 769 g/mol. The van der Waals surface area contributed by atoms with E-state index in [2.05, 4.69) is 218 Å². The minimum absolute atomic E-state index is 1.23. The highest BCUT2D eigenvalue weighted by Gasteiger charge is 2.32. The van der Waals surface area contributed by atoms with Gasteiger partial charge in [-0.2, -0.15) is 0 Å². The van der Waals surface area contributed by atoms with Gasteiger partial charge in [0.05, 0.1) is 0 Å². The molecule has 292 valence electrons. The molecule has 1 aliphatic carbocycles. The average Bonchev–Trinajstić information content (AvgIpc) is 3.68. The van der Waals surface area contributed by atoms with Crippen molar-refractivity contribution in [1.82, 2.24) is 0 Å². The molecule has 0 saturated carbocycles. The van der Waals surface area contributed by atoms with Gasteiger partial charge >= 0.3 is 0 Å². The molecule has 0 radical (unpaired) electrons. The molecule has 0 atom stereocenters. The minimum atomic E-state index is 1.23. The summed E-state index contributed by atoms with van der Waals surface area (Å²) in [4.78, 5) is 0. The van der Waals surface area contributed by atoms with Crippen LogP contribution in [0.15, 0.2) is 218 Å². The normalized spacial score (nSPS) is 12.4. The van der Waals surface area contributed by atoms with Crippen molar-refractivity contribution in [2.24, 2.45) is 0 Å². The third-order valence-electron chi connectivity index (χ3n) is 14.6. The molecular formula is C64H36. The van der Waals surface area contributed by atoms with Crippen molar-refractivity contribution in [2.75, 3.05) is 0 Å². The summed E-state index contributed by atoms with van der Waals surface area (Å²) in [5.41, 5.74) is 12.9. The molecule has 0 spiro atoms. The summed E-state index contributed by atoms with van der Waals surface area (Å²) in [6.07, 6.45) is 0. The lowest BCUT2D eigenvalue weighted by Gasteiger charge is -2.22. The molecule has 0 aliphatic heterocycles. The Morgan fingerprint density at radius 2 is 0.641 bits per heavy atom. The molecule has 0 aromatic heterocycles. The van der Waals surface area contributed by atoms with E-state index >= 15 is 0 Å². The zero-order valence-electron chi connectivity index (χ0n) is 34.8. The van der Waals surface area contributed by atoms with Gasteiger partial charge in [0.25, 0.3) is 0 Å². The predicted octanol–water partition coefficient (Wildman–Crippen LogP) is 18.2. The van der Waals surface area contributed by atoms with Crippen LogP contribution in [0.25, 0.3) is 153 Å². The summed E-state index contributed by atoms with van der Waals surface area (Å²) in [6.45, 7) is 0. The van der Waals surface area contributed by atoms with Gasteiger partial charge in [0.15, 0.2) is 0 Å². The van der Waals surface area contributed by atoms with Crippen LogP contribution in [0.5, 0.6) is 0 Å². The molecule has 0 heterocycles. The molecule has 0 fully saturated rings. The highest BCUT2D eigenvalue weighted by Crippen LogP contribution is 2.60. The first kappa shape index (κ1) is 34.3. The molecule has 0 unspecified atom stereocenters. The Hall–Kier alpha value is -8.32. The fraction of sp³-hybridized carbons (Fsp3) is 0. The van der Waals surface area contributed by atoms with Gasteiger partial charge in [-0.1, -0.05) is 176 Å². The van der Waals surface area contributed by atoms with Gasteiger partial charge in [-0.3, -0.25) is 0 Å². The SMILES string of the molecule is c1ccc(-c2c3c(c(-c4ccccc4)c4cc5c6cc7ccccc7cc6c6cc(-c7ccc8ccccc8c7)ccc6c5cc24)-c2cc4cccc5ccc6ccc-3c2c6c54)cc1. The predicted molar refractivity (Wildman–Crippen MR) is 276 cm³/mol. The second-order valence-electron chi connectivity index (χ2n) is 17.9. The molecule has 14 aromatic rings. The maximum absolute atomic E-state index is 2.56. The second-order valence-corrected chi connectivity index (χ2v) is 17.9. The van der Waals surface area contributed by atoms with Crippen LogP contribution in [0.3, 0.4) is 0 Å². The molecule has 64 heavy (non-hydrogen) atoms. The van der Waals surface area contributed by atoms with Gasteiger partial charge < -0.3 is 0 Å². The number of hydrogen-bond donors (Lipinski definition) is 0. The van der Waals surface area contributed by atoms with Crippen molar-refractivity contribution in [3.63, 3.8) is 0 Å². The lowest BCUT2D eigenvalue weighted by atomic mass is 9.80. The van der Waals surface area contributed by atoms with Crippen LogP contribution in [0.4, 0.5) is 0 Å². The van der Waals surface area contributed by atoms with Gasteiger partial charge in [0.2, 0.25) is 0 Å². The monoisotopic (exact) mass is 804 g/mol. The van der Waals surface area contributed by atoms with Crippen molar-refractivity contribution < 1.29 is 0 Å². The van der Waals surface area contributed by atoms with E-state index in [1.807, 2.05) is 0 Å². The number of hydrogen-bond acceptors (Lipinski definition) is 0. The van der Waals surface area contributed by atoms with Crippen molar-refractivity contribution in [1.29, 1.82) is 0 Å². The first-order valence-electron chi connectivity index (χ1n) is 22.4. The number of rotatable bonds is 3. The summed E-state index contributed by atoms with van der Waals surface area (Å²) in [5, 5.41) is 23.2. The summed E-state index contributed by atoms with van der Waals surface area (Å²) in [5.74, 6) is 0. The Labute approximate surface area is 369 Å². The van der Waals surface area contributed by atoms with Crippen LogP contribution < -0.4 is 0 Å². The first-order chi connectivity index (χ1) is 31.7. The maximum Gasteiger partial charge on any atom is -0.000719 e. The first-order valence-corrected chi connectivity index (χ1v) is 22.4. The lowest BCUT2D eigenvalue weighted by Crippen LogP contribution is -1.95. The fourth-order valence-corrected chi connectivity index (χ4v) is 11.8. The number of fused-ring (bicyclic) bond motifs is 12. The van der Waals surface area contributed by atoms with Crippen LogP contribution in [0.2, 0.25) is 0 Å². The smallest absolute Gasteiger partial charge is 0.000719 e. The zero-order chi connectivity index (χ0) is 41.6. The van der Waals surface area contributed by atoms with Gasteiger partial charge in [-0.25, -0.2) is 0 Å². The van der Waals surface area contributed by atoms with E-state index in [1.165, 1.54) is 153 Å².